The third kappa shape index (κ3) is 11.7. The number of hydrogen-bond donors (Lipinski definition) is 1. The second-order valence-corrected chi connectivity index (χ2v) is 4.63. The number of unbranched alkanes of at least 4 members (excludes halogenated alkanes) is 3. The summed E-state index contributed by atoms with van der Waals surface area (Å²) in [5.74, 6) is 0. The summed E-state index contributed by atoms with van der Waals surface area (Å²) in [7, 11) is 0. The van der Waals surface area contributed by atoms with Crippen LogP contribution in [0.3, 0.4) is 0 Å². The lowest BCUT2D eigenvalue weighted by molar-refractivity contribution is 0.285. The van der Waals surface area contributed by atoms with Gasteiger partial charge >= 0.3 is 0 Å². The minimum Gasteiger partial charge on any atom is -0.396 e. The van der Waals surface area contributed by atoms with Crippen LogP contribution in [0.25, 0.3) is 0 Å². The van der Waals surface area contributed by atoms with Crippen molar-refractivity contribution >= 4 is 0 Å². The number of hydrogen-bond acceptors (Lipinski definition) is 1. The standard InChI is InChI=1S/C16H30O/c1-3-12-16(13-4-2)14-10-8-6-5-7-9-11-15-17/h5-6,14,17H,3-4,7-13,15H2,1-2H3/b6-5-. The normalized spacial score (nSPS) is 11.0. The van der Waals surface area contributed by atoms with Crippen molar-refractivity contribution in [3.8, 4) is 0 Å². The minimum absolute atomic E-state index is 0.327. The van der Waals surface area contributed by atoms with E-state index in [0.29, 0.717) is 6.61 Å². The van der Waals surface area contributed by atoms with Gasteiger partial charge in [0.2, 0.25) is 0 Å². The second-order valence-electron chi connectivity index (χ2n) is 4.63. The molecule has 17 heavy (non-hydrogen) atoms. The van der Waals surface area contributed by atoms with Crippen LogP contribution < -0.4 is 0 Å². The van der Waals surface area contributed by atoms with E-state index in [4.69, 9.17) is 5.11 Å². The van der Waals surface area contributed by atoms with Gasteiger partial charge in [-0.15, -0.1) is 0 Å². The molecule has 0 radical (unpaired) electrons. The van der Waals surface area contributed by atoms with Gasteiger partial charge in [-0.25, -0.2) is 0 Å². The lowest BCUT2D eigenvalue weighted by Gasteiger charge is -2.03. The Hall–Kier alpha value is -0.560. The van der Waals surface area contributed by atoms with Gasteiger partial charge in [-0.3, -0.25) is 0 Å². The number of aliphatic hydroxyl groups excluding tert-OH is 1. The molecule has 1 N–H and O–H groups in total. The Morgan fingerprint density at radius 3 is 2.12 bits per heavy atom. The van der Waals surface area contributed by atoms with Crippen LogP contribution in [-0.2, 0) is 0 Å². The molecular weight excluding hydrogens is 208 g/mol. The summed E-state index contributed by atoms with van der Waals surface area (Å²) in [6.45, 7) is 4.84. The molecule has 0 heterocycles. The highest BCUT2D eigenvalue weighted by Gasteiger charge is 1.93. The fraction of sp³-hybridized carbons (Fsp3) is 0.750. The number of allylic oxidation sites excluding steroid dienone is 4. The molecule has 0 unspecified atom stereocenters. The highest BCUT2D eigenvalue weighted by Crippen LogP contribution is 2.13. The zero-order valence-corrected chi connectivity index (χ0v) is 11.8. The monoisotopic (exact) mass is 238 g/mol. The van der Waals surface area contributed by atoms with Crippen LogP contribution in [-0.4, -0.2) is 11.7 Å². The lowest BCUT2D eigenvalue weighted by Crippen LogP contribution is -1.83. The maximum atomic E-state index is 8.64. The van der Waals surface area contributed by atoms with E-state index in [2.05, 4.69) is 32.1 Å². The first-order valence-electron chi connectivity index (χ1n) is 7.28. The van der Waals surface area contributed by atoms with Gasteiger partial charge in [0.05, 0.1) is 0 Å². The van der Waals surface area contributed by atoms with Crippen molar-refractivity contribution in [2.75, 3.05) is 6.61 Å². The van der Waals surface area contributed by atoms with E-state index >= 15 is 0 Å². The van der Waals surface area contributed by atoms with Gasteiger partial charge in [0.1, 0.15) is 0 Å². The quantitative estimate of drug-likeness (QED) is 0.396. The topological polar surface area (TPSA) is 20.2 Å². The Morgan fingerprint density at radius 2 is 1.53 bits per heavy atom. The van der Waals surface area contributed by atoms with Crippen LogP contribution in [0.15, 0.2) is 23.8 Å². The van der Waals surface area contributed by atoms with Crippen molar-refractivity contribution in [3.63, 3.8) is 0 Å². The zero-order valence-electron chi connectivity index (χ0n) is 11.8. The lowest BCUT2D eigenvalue weighted by atomic mass is 10.0. The number of rotatable bonds is 11. The van der Waals surface area contributed by atoms with Crippen LogP contribution in [0.4, 0.5) is 0 Å². The molecule has 0 amide bonds. The van der Waals surface area contributed by atoms with Crippen molar-refractivity contribution in [2.45, 2.75) is 71.6 Å². The van der Waals surface area contributed by atoms with Gasteiger partial charge in [0.25, 0.3) is 0 Å². The summed E-state index contributed by atoms with van der Waals surface area (Å²) in [5, 5.41) is 8.64. The Balaban J connectivity index is 3.60. The van der Waals surface area contributed by atoms with Crippen molar-refractivity contribution in [1.82, 2.24) is 0 Å². The summed E-state index contributed by atoms with van der Waals surface area (Å²) in [4.78, 5) is 0. The summed E-state index contributed by atoms with van der Waals surface area (Å²) in [6.07, 6.45) is 17.6. The first-order valence-corrected chi connectivity index (χ1v) is 7.28. The molecule has 1 heteroatoms. The molecule has 100 valence electrons. The summed E-state index contributed by atoms with van der Waals surface area (Å²) >= 11 is 0. The van der Waals surface area contributed by atoms with Crippen LogP contribution in [0, 0.1) is 0 Å². The Bertz CT molecular complexity index is 196. The van der Waals surface area contributed by atoms with Gasteiger partial charge in [0, 0.05) is 6.61 Å². The van der Waals surface area contributed by atoms with E-state index < -0.39 is 0 Å². The van der Waals surface area contributed by atoms with Gasteiger partial charge in [-0.05, 0) is 44.9 Å². The molecule has 0 atom stereocenters. The summed E-state index contributed by atoms with van der Waals surface area (Å²) in [6, 6.07) is 0. The molecular formula is C16H30O. The molecule has 0 fully saturated rings. The Labute approximate surface area is 108 Å². The molecule has 0 aromatic carbocycles. The van der Waals surface area contributed by atoms with Gasteiger partial charge in [-0.2, -0.15) is 0 Å². The predicted molar refractivity (Wildman–Crippen MR) is 77.2 cm³/mol. The average molecular weight is 238 g/mol. The molecule has 0 spiro atoms. The van der Waals surface area contributed by atoms with E-state index in [0.717, 1.165) is 25.7 Å². The van der Waals surface area contributed by atoms with E-state index in [-0.39, 0.29) is 0 Å². The molecule has 0 aliphatic carbocycles. The smallest absolute Gasteiger partial charge is 0.0431 e. The van der Waals surface area contributed by atoms with Crippen LogP contribution in [0.5, 0.6) is 0 Å². The van der Waals surface area contributed by atoms with E-state index in [1.54, 1.807) is 5.57 Å². The van der Waals surface area contributed by atoms with E-state index in [1.165, 1.54) is 32.1 Å². The zero-order chi connectivity index (χ0) is 12.8. The molecule has 0 saturated heterocycles. The predicted octanol–water partition coefficient (Wildman–Crippen LogP) is 5.01. The van der Waals surface area contributed by atoms with Gasteiger partial charge in [0.15, 0.2) is 0 Å². The first-order chi connectivity index (χ1) is 8.35. The van der Waals surface area contributed by atoms with Crippen LogP contribution >= 0.6 is 0 Å². The summed E-state index contributed by atoms with van der Waals surface area (Å²) < 4.78 is 0. The van der Waals surface area contributed by atoms with E-state index in [1.807, 2.05) is 0 Å². The molecule has 0 aromatic heterocycles. The Kier molecular flexibility index (Phi) is 13.1. The van der Waals surface area contributed by atoms with Gasteiger partial charge < -0.3 is 5.11 Å². The van der Waals surface area contributed by atoms with Crippen molar-refractivity contribution < 1.29 is 5.11 Å². The van der Waals surface area contributed by atoms with Crippen molar-refractivity contribution in [3.05, 3.63) is 23.8 Å². The molecule has 0 rings (SSSR count). The van der Waals surface area contributed by atoms with Crippen LogP contribution in [0.2, 0.25) is 0 Å². The molecule has 1 nitrogen and oxygen atoms in total. The molecule has 0 aliphatic heterocycles. The fourth-order valence-electron chi connectivity index (χ4n) is 1.96. The number of aliphatic hydroxyl groups is 1. The first kappa shape index (κ1) is 16.4. The third-order valence-electron chi connectivity index (χ3n) is 2.85. The largest absolute Gasteiger partial charge is 0.396 e. The molecule has 0 saturated carbocycles. The molecule has 0 bridgehead atoms. The van der Waals surface area contributed by atoms with Crippen LogP contribution in [0.1, 0.15) is 71.6 Å². The molecule has 0 aromatic rings. The third-order valence-corrected chi connectivity index (χ3v) is 2.85. The molecule has 0 aliphatic rings. The average Bonchev–Trinajstić information content (AvgIpc) is 2.33. The fourth-order valence-corrected chi connectivity index (χ4v) is 1.96. The Morgan fingerprint density at radius 1 is 0.882 bits per heavy atom. The van der Waals surface area contributed by atoms with Crippen molar-refractivity contribution in [2.24, 2.45) is 0 Å². The van der Waals surface area contributed by atoms with Gasteiger partial charge in [-0.1, -0.05) is 50.5 Å². The highest BCUT2D eigenvalue weighted by molar-refractivity contribution is 5.02. The maximum Gasteiger partial charge on any atom is 0.0431 e. The highest BCUT2D eigenvalue weighted by atomic mass is 16.2. The van der Waals surface area contributed by atoms with Crippen molar-refractivity contribution in [1.29, 1.82) is 0 Å². The maximum absolute atomic E-state index is 8.64. The second kappa shape index (κ2) is 13.5. The minimum atomic E-state index is 0.327. The van der Waals surface area contributed by atoms with E-state index in [9.17, 15) is 0 Å². The summed E-state index contributed by atoms with van der Waals surface area (Å²) in [5.41, 5.74) is 1.64. The SMILES string of the molecule is CCCC(=CCC/C=C\CCCCO)CCC.